The van der Waals surface area contributed by atoms with Gasteiger partial charge in [0.15, 0.2) is 9.84 Å². The van der Waals surface area contributed by atoms with Gasteiger partial charge in [-0.05, 0) is 23.8 Å². The van der Waals surface area contributed by atoms with Gasteiger partial charge in [0.1, 0.15) is 0 Å². The molecule has 6 heteroatoms. The largest absolute Gasteiger partial charge is 0.392 e. The van der Waals surface area contributed by atoms with Gasteiger partial charge >= 0.3 is 0 Å². The minimum atomic E-state index is -3.56. The summed E-state index contributed by atoms with van der Waals surface area (Å²) >= 11 is 0. The van der Waals surface area contributed by atoms with E-state index in [1.54, 1.807) is 0 Å². The smallest absolute Gasteiger partial charge is 0.270 e. The molecule has 1 N–H and O–H groups in total. The molecule has 1 rings (SSSR count). The lowest BCUT2D eigenvalue weighted by molar-refractivity contribution is 0.0171. The lowest BCUT2D eigenvalue weighted by atomic mass is 10.1. The Kier molecular flexibility index (Phi) is 3.35. The van der Waals surface area contributed by atoms with Crippen molar-refractivity contribution in [1.29, 1.82) is 0 Å². The maximum atomic E-state index is 13.1. The van der Waals surface area contributed by atoms with Gasteiger partial charge in [0, 0.05) is 18.7 Å². The number of halogens is 2. The van der Waals surface area contributed by atoms with E-state index in [4.69, 9.17) is 5.11 Å². The van der Waals surface area contributed by atoms with Crippen LogP contribution in [0.2, 0.25) is 0 Å². The van der Waals surface area contributed by atoms with E-state index in [1.165, 1.54) is 6.07 Å². The summed E-state index contributed by atoms with van der Waals surface area (Å²) in [5, 5.41) is 8.88. The van der Waals surface area contributed by atoms with E-state index in [0.717, 1.165) is 18.4 Å². The first-order valence-corrected chi connectivity index (χ1v) is 6.37. The van der Waals surface area contributed by atoms with Crippen LogP contribution >= 0.6 is 0 Å². The van der Waals surface area contributed by atoms with Crippen molar-refractivity contribution in [3.05, 3.63) is 29.3 Å². The van der Waals surface area contributed by atoms with Crippen LogP contribution < -0.4 is 0 Å². The van der Waals surface area contributed by atoms with Crippen LogP contribution in [0.3, 0.4) is 0 Å². The predicted molar refractivity (Wildman–Crippen MR) is 55.0 cm³/mol. The lowest BCUT2D eigenvalue weighted by Gasteiger charge is -2.13. The Morgan fingerprint density at radius 3 is 2.25 bits per heavy atom. The molecule has 1 aromatic rings. The van der Waals surface area contributed by atoms with Gasteiger partial charge in [-0.1, -0.05) is 0 Å². The first-order valence-electron chi connectivity index (χ1n) is 4.48. The van der Waals surface area contributed by atoms with Gasteiger partial charge in [-0.3, -0.25) is 0 Å². The van der Waals surface area contributed by atoms with Gasteiger partial charge in [0.05, 0.1) is 11.5 Å². The van der Waals surface area contributed by atoms with Crippen molar-refractivity contribution in [3.63, 3.8) is 0 Å². The molecule has 90 valence electrons. The molecule has 0 aliphatic carbocycles. The van der Waals surface area contributed by atoms with Gasteiger partial charge in [-0.2, -0.15) is 0 Å². The van der Waals surface area contributed by atoms with Crippen molar-refractivity contribution in [2.24, 2.45) is 0 Å². The molecule has 0 amide bonds. The van der Waals surface area contributed by atoms with E-state index < -0.39 is 27.9 Å². The molecule has 0 heterocycles. The summed E-state index contributed by atoms with van der Waals surface area (Å²) in [5.41, 5.74) is -0.265. The highest BCUT2D eigenvalue weighted by molar-refractivity contribution is 7.90. The van der Waals surface area contributed by atoms with E-state index >= 15 is 0 Å². The monoisotopic (exact) mass is 250 g/mol. The fourth-order valence-corrected chi connectivity index (χ4v) is 1.93. The maximum absolute atomic E-state index is 13.1. The highest BCUT2D eigenvalue weighted by Crippen LogP contribution is 2.29. The first-order chi connectivity index (χ1) is 7.14. The molecule has 3 nitrogen and oxygen atoms in total. The molecule has 0 unspecified atom stereocenters. The Hall–Kier alpha value is -1.01. The Morgan fingerprint density at radius 2 is 1.88 bits per heavy atom. The molecule has 0 spiro atoms. The van der Waals surface area contributed by atoms with Crippen LogP contribution in [0.4, 0.5) is 8.78 Å². The average molecular weight is 250 g/mol. The third-order valence-electron chi connectivity index (χ3n) is 2.08. The number of hydrogen-bond acceptors (Lipinski definition) is 3. The lowest BCUT2D eigenvalue weighted by Crippen LogP contribution is -2.10. The number of aliphatic hydroxyl groups is 1. The van der Waals surface area contributed by atoms with E-state index in [-0.39, 0.29) is 10.5 Å². The quantitative estimate of drug-likeness (QED) is 0.888. The molecule has 0 saturated carbocycles. The summed E-state index contributed by atoms with van der Waals surface area (Å²) in [4.78, 5) is -0.212. The Bertz CT molecular complexity index is 489. The number of alkyl halides is 2. The number of benzene rings is 1. The first kappa shape index (κ1) is 13.1. The van der Waals surface area contributed by atoms with Crippen LogP contribution in [0, 0.1) is 0 Å². The van der Waals surface area contributed by atoms with Crippen LogP contribution in [0.5, 0.6) is 0 Å². The van der Waals surface area contributed by atoms with Gasteiger partial charge in [-0.25, -0.2) is 17.2 Å². The van der Waals surface area contributed by atoms with Crippen molar-refractivity contribution in [2.75, 3.05) is 6.26 Å². The second kappa shape index (κ2) is 4.10. The predicted octanol–water partition coefficient (Wildman–Crippen LogP) is 1.69. The Balaban J connectivity index is 3.45. The molecule has 0 saturated heterocycles. The van der Waals surface area contributed by atoms with E-state index in [0.29, 0.717) is 6.92 Å². The third-order valence-corrected chi connectivity index (χ3v) is 3.18. The number of rotatable bonds is 3. The van der Waals surface area contributed by atoms with Crippen LogP contribution in [0.25, 0.3) is 0 Å². The molecule has 0 aliphatic rings. The summed E-state index contributed by atoms with van der Waals surface area (Å²) in [7, 11) is -3.56. The normalized spacial score (nSPS) is 12.8. The maximum Gasteiger partial charge on any atom is 0.270 e. The van der Waals surface area contributed by atoms with Crippen molar-refractivity contribution in [3.8, 4) is 0 Å². The highest BCUT2D eigenvalue weighted by atomic mass is 32.2. The SMILES string of the molecule is CC(F)(F)c1cc(CO)cc(S(C)(=O)=O)c1. The summed E-state index contributed by atoms with van der Waals surface area (Å²) in [6.07, 6.45) is 0.932. The van der Waals surface area contributed by atoms with Crippen LogP contribution in [0.15, 0.2) is 23.1 Å². The van der Waals surface area contributed by atoms with Crippen molar-refractivity contribution in [1.82, 2.24) is 0 Å². The molecule has 0 aromatic heterocycles. The summed E-state index contributed by atoms with van der Waals surface area (Å²) in [5.74, 6) is -3.13. The molecule has 16 heavy (non-hydrogen) atoms. The molecular formula is C10H12F2O3S. The van der Waals surface area contributed by atoms with Crippen molar-refractivity contribution < 1.29 is 22.3 Å². The van der Waals surface area contributed by atoms with E-state index in [1.807, 2.05) is 0 Å². The third kappa shape index (κ3) is 2.99. The topological polar surface area (TPSA) is 54.4 Å². The Labute approximate surface area is 92.6 Å². The minimum absolute atomic E-state index is 0.152. The molecule has 0 radical (unpaired) electrons. The summed E-state index contributed by atoms with van der Waals surface area (Å²) in [6, 6.07) is 3.20. The fraction of sp³-hybridized carbons (Fsp3) is 0.400. The molecule has 0 aliphatic heterocycles. The second-order valence-electron chi connectivity index (χ2n) is 3.68. The zero-order valence-electron chi connectivity index (χ0n) is 8.87. The van der Waals surface area contributed by atoms with Crippen molar-refractivity contribution >= 4 is 9.84 Å². The molecule has 0 fully saturated rings. The van der Waals surface area contributed by atoms with Gasteiger partial charge in [0.2, 0.25) is 0 Å². The van der Waals surface area contributed by atoms with Crippen molar-refractivity contribution in [2.45, 2.75) is 24.3 Å². The second-order valence-corrected chi connectivity index (χ2v) is 5.70. The summed E-state index contributed by atoms with van der Waals surface area (Å²) in [6.45, 7) is 0.196. The number of aliphatic hydroxyl groups excluding tert-OH is 1. The highest BCUT2D eigenvalue weighted by Gasteiger charge is 2.26. The Morgan fingerprint density at radius 1 is 1.31 bits per heavy atom. The van der Waals surface area contributed by atoms with Crippen LogP contribution in [0.1, 0.15) is 18.1 Å². The zero-order valence-corrected chi connectivity index (χ0v) is 9.68. The standard InChI is InChI=1S/C10H12F2O3S/c1-10(11,12)8-3-7(6-13)4-9(5-8)16(2,14)15/h3-5,13H,6H2,1-2H3. The minimum Gasteiger partial charge on any atom is -0.392 e. The number of sulfone groups is 1. The molecule has 0 bridgehead atoms. The fourth-order valence-electron chi connectivity index (χ4n) is 1.22. The van der Waals surface area contributed by atoms with Crippen LogP contribution in [-0.2, 0) is 22.4 Å². The van der Waals surface area contributed by atoms with Gasteiger partial charge in [-0.15, -0.1) is 0 Å². The van der Waals surface area contributed by atoms with Crippen LogP contribution in [-0.4, -0.2) is 19.8 Å². The summed E-state index contributed by atoms with van der Waals surface area (Å²) < 4.78 is 48.6. The number of hydrogen-bond donors (Lipinski definition) is 1. The van der Waals surface area contributed by atoms with Gasteiger partial charge < -0.3 is 5.11 Å². The molecular weight excluding hydrogens is 238 g/mol. The van der Waals surface area contributed by atoms with Gasteiger partial charge in [0.25, 0.3) is 5.92 Å². The molecule has 1 aromatic carbocycles. The van der Waals surface area contributed by atoms with E-state index in [9.17, 15) is 17.2 Å². The van der Waals surface area contributed by atoms with E-state index in [2.05, 4.69) is 0 Å². The zero-order chi connectivity index (χ0) is 12.6. The molecule has 0 atom stereocenters. The average Bonchev–Trinajstić information content (AvgIpc) is 2.14.